The van der Waals surface area contributed by atoms with Gasteiger partial charge in [0.05, 0.1) is 5.54 Å². The van der Waals surface area contributed by atoms with Crippen molar-refractivity contribution >= 4 is 11.6 Å². The predicted molar refractivity (Wildman–Crippen MR) is 126 cm³/mol. The highest BCUT2D eigenvalue weighted by Gasteiger charge is 2.48. The van der Waals surface area contributed by atoms with Crippen LogP contribution < -0.4 is 4.90 Å². The van der Waals surface area contributed by atoms with Gasteiger partial charge in [-0.3, -0.25) is 19.6 Å². The van der Waals surface area contributed by atoms with Gasteiger partial charge >= 0.3 is 0 Å². The molecule has 2 aromatic carbocycles. The van der Waals surface area contributed by atoms with Crippen molar-refractivity contribution in [2.75, 3.05) is 11.4 Å². The normalized spacial score (nSPS) is 20.7. The maximum Gasteiger partial charge on any atom is 0.232 e. The minimum Gasteiger partial charge on any atom is -0.360 e. The maximum atomic E-state index is 15.1. The molecular weight excluding hydrogens is 436 g/mol. The molecule has 1 aliphatic heterocycles. The summed E-state index contributed by atoms with van der Waals surface area (Å²) >= 11 is 0. The molecule has 0 radical (unpaired) electrons. The zero-order valence-electron chi connectivity index (χ0n) is 19.2. The van der Waals surface area contributed by atoms with Crippen LogP contribution in [0.3, 0.4) is 0 Å². The largest absolute Gasteiger partial charge is 0.360 e. The number of rotatable bonds is 3. The molecule has 0 aliphatic carbocycles. The van der Waals surface area contributed by atoms with Crippen molar-refractivity contribution in [3.05, 3.63) is 94.8 Å². The lowest BCUT2D eigenvalue weighted by molar-refractivity contribution is -0.143. The van der Waals surface area contributed by atoms with Gasteiger partial charge in [0.1, 0.15) is 5.69 Å². The van der Waals surface area contributed by atoms with Crippen LogP contribution in [0.4, 0.5) is 14.5 Å². The van der Waals surface area contributed by atoms with Crippen LogP contribution in [0.15, 0.2) is 60.8 Å². The molecule has 34 heavy (non-hydrogen) atoms. The molecule has 2 atom stereocenters. The molecule has 3 aromatic rings. The van der Waals surface area contributed by atoms with Gasteiger partial charge in [-0.05, 0) is 55.8 Å². The number of aryl methyl sites for hydroxylation is 1. The summed E-state index contributed by atoms with van der Waals surface area (Å²) in [5.74, 6) is 3.07. The Labute approximate surface area is 197 Å². The maximum absolute atomic E-state index is 15.1. The van der Waals surface area contributed by atoms with E-state index in [-0.39, 0.29) is 12.0 Å². The zero-order chi connectivity index (χ0) is 24.5. The molecule has 5 nitrogen and oxygen atoms in total. The first-order chi connectivity index (χ1) is 16.2. The van der Waals surface area contributed by atoms with E-state index in [0.717, 1.165) is 28.3 Å². The zero-order valence-corrected chi connectivity index (χ0v) is 19.2. The molecule has 2 unspecified atom stereocenters. The van der Waals surface area contributed by atoms with E-state index >= 15 is 8.78 Å². The van der Waals surface area contributed by atoms with E-state index in [1.165, 1.54) is 0 Å². The number of aliphatic hydroxyl groups is 1. The molecule has 4 rings (SSSR count). The molecule has 7 heteroatoms. The lowest BCUT2D eigenvalue weighted by atomic mass is 9.84. The van der Waals surface area contributed by atoms with Crippen molar-refractivity contribution < 1.29 is 18.7 Å². The average molecular weight is 462 g/mol. The number of aromatic nitrogens is 1. The van der Waals surface area contributed by atoms with E-state index in [9.17, 15) is 9.90 Å². The number of carbonyl (C=O) groups excluding carboxylic acids is 1. The fourth-order valence-corrected chi connectivity index (χ4v) is 4.44. The third kappa shape index (κ3) is 4.30. The summed E-state index contributed by atoms with van der Waals surface area (Å²) < 4.78 is 30.3. The van der Waals surface area contributed by atoms with Gasteiger partial charge in [0, 0.05) is 36.0 Å². The first-order valence-corrected chi connectivity index (χ1v) is 11.0. The van der Waals surface area contributed by atoms with Crippen LogP contribution in [0.25, 0.3) is 0 Å². The topological polar surface area (TPSA) is 56.7 Å². The van der Waals surface area contributed by atoms with Crippen LogP contribution >= 0.6 is 0 Å². The Kier molecular flexibility index (Phi) is 6.47. The number of nitrogens with zero attached hydrogens (tertiary/aromatic N) is 3. The molecular formula is C27H25F2N3O2. The summed E-state index contributed by atoms with van der Waals surface area (Å²) in [6.45, 7) is 5.83. The molecule has 1 fully saturated rings. The van der Waals surface area contributed by atoms with E-state index in [1.54, 1.807) is 29.3 Å². The molecule has 1 aromatic heterocycles. The first kappa shape index (κ1) is 23.6. The summed E-state index contributed by atoms with van der Waals surface area (Å²) in [5, 5.41) is 11.1. The second-order valence-corrected chi connectivity index (χ2v) is 8.44. The number of amides is 1. The van der Waals surface area contributed by atoms with Crippen LogP contribution in [0, 0.1) is 30.4 Å². The second-order valence-electron chi connectivity index (χ2n) is 8.44. The quantitative estimate of drug-likeness (QED) is 0.591. The van der Waals surface area contributed by atoms with Gasteiger partial charge in [-0.15, -0.1) is 0 Å². The van der Waals surface area contributed by atoms with Crippen molar-refractivity contribution in [2.24, 2.45) is 0 Å². The van der Waals surface area contributed by atoms with Crippen molar-refractivity contribution in [1.29, 1.82) is 0 Å². The highest BCUT2D eigenvalue weighted by atomic mass is 19.1. The van der Waals surface area contributed by atoms with Crippen LogP contribution in [-0.2, 0) is 10.3 Å². The Balaban J connectivity index is 1.70. The summed E-state index contributed by atoms with van der Waals surface area (Å²) in [6.07, 6.45) is 0.00658. The monoisotopic (exact) mass is 461 g/mol. The summed E-state index contributed by atoms with van der Waals surface area (Å²) in [7, 11) is 0. The highest BCUT2D eigenvalue weighted by molar-refractivity contribution is 5.95. The van der Waals surface area contributed by atoms with Crippen molar-refractivity contribution in [2.45, 2.75) is 39.1 Å². The molecule has 1 saturated heterocycles. The van der Waals surface area contributed by atoms with E-state index in [0.29, 0.717) is 12.1 Å². The van der Waals surface area contributed by atoms with Crippen molar-refractivity contribution in [3.8, 4) is 11.8 Å². The standard InChI is InChI=1S/C27H25F2N3O2/c1-4-31-26(34)32(24(33)17-27(31,3)21-12-13-30-18(2)14-21)25-22(28)15-20(16-23(25)29)11-10-19-8-6-5-7-9-19/h5-9,12-16,26,34H,4,17H2,1-3H3. The number of hydrogen-bond donors (Lipinski definition) is 1. The molecule has 1 N–H and O–H groups in total. The molecule has 0 saturated carbocycles. The summed E-state index contributed by atoms with van der Waals surface area (Å²) in [6, 6.07) is 14.8. The van der Waals surface area contributed by atoms with Crippen LogP contribution in [-0.4, -0.2) is 33.8 Å². The van der Waals surface area contributed by atoms with Crippen molar-refractivity contribution in [1.82, 2.24) is 9.88 Å². The van der Waals surface area contributed by atoms with E-state index < -0.39 is 35.1 Å². The number of hydrogen-bond acceptors (Lipinski definition) is 4. The SMILES string of the molecule is CCN1C(O)N(c2c(F)cc(C#Cc3ccccc3)cc2F)C(=O)CC1(C)c1ccnc(C)c1. The van der Waals surface area contributed by atoms with Crippen LogP contribution in [0.5, 0.6) is 0 Å². The highest BCUT2D eigenvalue weighted by Crippen LogP contribution is 2.41. The van der Waals surface area contributed by atoms with Crippen molar-refractivity contribution in [3.63, 3.8) is 0 Å². The Bertz CT molecular complexity index is 1260. The fraction of sp³-hybridized carbons (Fsp3) is 0.259. The summed E-state index contributed by atoms with van der Waals surface area (Å²) in [5.41, 5.74) is 0.937. The molecule has 2 heterocycles. The number of halogens is 2. The van der Waals surface area contributed by atoms with Gasteiger partial charge < -0.3 is 5.11 Å². The van der Waals surface area contributed by atoms with Gasteiger partial charge in [0.25, 0.3) is 0 Å². The van der Waals surface area contributed by atoms with E-state index in [1.807, 2.05) is 45.0 Å². The Morgan fingerprint density at radius 3 is 2.35 bits per heavy atom. The van der Waals surface area contributed by atoms with Crippen LogP contribution in [0.2, 0.25) is 0 Å². The smallest absolute Gasteiger partial charge is 0.232 e. The van der Waals surface area contributed by atoms with Gasteiger partial charge in [-0.2, -0.15) is 0 Å². The van der Waals surface area contributed by atoms with E-state index in [2.05, 4.69) is 16.8 Å². The Morgan fingerprint density at radius 2 is 1.74 bits per heavy atom. The number of aliphatic hydroxyl groups excluding tert-OH is 1. The third-order valence-electron chi connectivity index (χ3n) is 6.15. The van der Waals surface area contributed by atoms with Crippen LogP contribution in [0.1, 0.15) is 42.7 Å². The summed E-state index contributed by atoms with van der Waals surface area (Å²) in [4.78, 5) is 19.8. The number of pyridine rings is 1. The van der Waals surface area contributed by atoms with Gasteiger partial charge in [-0.25, -0.2) is 8.78 Å². The van der Waals surface area contributed by atoms with Gasteiger partial charge in [-0.1, -0.05) is 37.0 Å². The minimum absolute atomic E-state index is 0.0736. The van der Waals surface area contributed by atoms with E-state index in [4.69, 9.17) is 0 Å². The molecule has 1 aliphatic rings. The predicted octanol–water partition coefficient (Wildman–Crippen LogP) is 4.32. The van der Waals surface area contributed by atoms with Gasteiger partial charge in [0.2, 0.25) is 5.91 Å². The molecule has 1 amide bonds. The first-order valence-electron chi connectivity index (χ1n) is 11.0. The number of anilines is 1. The lowest BCUT2D eigenvalue weighted by Crippen LogP contribution is -2.64. The molecule has 0 bridgehead atoms. The van der Waals surface area contributed by atoms with Gasteiger partial charge in [0.15, 0.2) is 18.0 Å². The lowest BCUT2D eigenvalue weighted by Gasteiger charge is -2.51. The Morgan fingerprint density at radius 1 is 1.09 bits per heavy atom. The molecule has 174 valence electrons. The fourth-order valence-electron chi connectivity index (χ4n) is 4.44. The minimum atomic E-state index is -1.56. The average Bonchev–Trinajstić information content (AvgIpc) is 2.80. The second kappa shape index (κ2) is 9.34. The Hall–Kier alpha value is -3.60. The third-order valence-corrected chi connectivity index (χ3v) is 6.15. The number of carbonyl (C=O) groups is 1. The number of benzene rings is 2. The molecule has 0 spiro atoms.